The van der Waals surface area contributed by atoms with Crippen LogP contribution in [0.1, 0.15) is 24.1 Å². The van der Waals surface area contributed by atoms with Gasteiger partial charge in [0.2, 0.25) is 10.0 Å². The number of rotatable bonds is 7. The molecule has 0 N–H and O–H groups in total. The van der Waals surface area contributed by atoms with Gasteiger partial charge in [-0.25, -0.2) is 12.8 Å². The van der Waals surface area contributed by atoms with Crippen molar-refractivity contribution in [3.8, 4) is 5.75 Å². The van der Waals surface area contributed by atoms with Gasteiger partial charge in [-0.2, -0.15) is 4.31 Å². The summed E-state index contributed by atoms with van der Waals surface area (Å²) in [6, 6.07) is 11.9. The van der Waals surface area contributed by atoms with Gasteiger partial charge in [-0.3, -0.25) is 4.90 Å². The molecule has 29 heavy (non-hydrogen) atoms. The highest BCUT2D eigenvalue weighted by molar-refractivity contribution is 7.89. The van der Waals surface area contributed by atoms with Crippen LogP contribution in [0, 0.1) is 5.82 Å². The van der Waals surface area contributed by atoms with Crippen LogP contribution in [0.25, 0.3) is 0 Å². The Kier molecular flexibility index (Phi) is 6.89. The molecule has 0 amide bonds. The Balaban J connectivity index is 1.76. The molecule has 1 fully saturated rings. The van der Waals surface area contributed by atoms with Gasteiger partial charge in [0.15, 0.2) is 11.6 Å². The van der Waals surface area contributed by atoms with E-state index in [2.05, 4.69) is 0 Å². The fourth-order valence-corrected chi connectivity index (χ4v) is 4.82. The van der Waals surface area contributed by atoms with E-state index in [-0.39, 0.29) is 16.7 Å². The van der Waals surface area contributed by atoms with Crippen molar-refractivity contribution in [1.82, 2.24) is 9.21 Å². The first-order valence-electron chi connectivity index (χ1n) is 9.53. The zero-order valence-corrected chi connectivity index (χ0v) is 17.8. The van der Waals surface area contributed by atoms with Crippen molar-refractivity contribution in [3.63, 3.8) is 0 Å². The summed E-state index contributed by atoms with van der Waals surface area (Å²) in [5, 5.41) is 0. The van der Waals surface area contributed by atoms with E-state index in [9.17, 15) is 12.8 Å². The standard InChI is InChI=1S/C21H27FN2O4S/c1-16(23(2)15-17-7-8-21(27-3)20(22)13-17)18-5-4-6-19(14-18)29(25,26)24-9-11-28-12-10-24/h4-8,13-14,16H,9-12,15H2,1-3H3. The molecule has 1 heterocycles. The summed E-state index contributed by atoms with van der Waals surface area (Å²) in [5.74, 6) is -0.185. The van der Waals surface area contributed by atoms with Crippen LogP contribution in [0.15, 0.2) is 47.4 Å². The second-order valence-corrected chi connectivity index (χ2v) is 9.09. The molecule has 158 valence electrons. The monoisotopic (exact) mass is 422 g/mol. The highest BCUT2D eigenvalue weighted by atomic mass is 32.2. The largest absolute Gasteiger partial charge is 0.494 e. The number of hydrogen-bond acceptors (Lipinski definition) is 5. The average molecular weight is 423 g/mol. The van der Waals surface area contributed by atoms with Crippen molar-refractivity contribution in [2.45, 2.75) is 24.4 Å². The van der Waals surface area contributed by atoms with Crippen LogP contribution in [0.2, 0.25) is 0 Å². The fraction of sp³-hybridized carbons (Fsp3) is 0.429. The van der Waals surface area contributed by atoms with E-state index in [1.54, 1.807) is 24.3 Å². The van der Waals surface area contributed by atoms with Gasteiger partial charge < -0.3 is 9.47 Å². The highest BCUT2D eigenvalue weighted by Crippen LogP contribution is 2.26. The number of morpholine rings is 1. The minimum atomic E-state index is -3.54. The lowest BCUT2D eigenvalue weighted by atomic mass is 10.1. The van der Waals surface area contributed by atoms with E-state index in [4.69, 9.17) is 9.47 Å². The summed E-state index contributed by atoms with van der Waals surface area (Å²) >= 11 is 0. The topological polar surface area (TPSA) is 59.1 Å². The maximum atomic E-state index is 14.0. The van der Waals surface area contributed by atoms with Crippen molar-refractivity contribution >= 4 is 10.0 Å². The quantitative estimate of drug-likeness (QED) is 0.687. The Bertz CT molecular complexity index is 945. The van der Waals surface area contributed by atoms with Crippen molar-refractivity contribution < 1.29 is 22.3 Å². The van der Waals surface area contributed by atoms with Crippen molar-refractivity contribution in [1.29, 1.82) is 0 Å². The third-order valence-corrected chi connectivity index (χ3v) is 7.15. The SMILES string of the molecule is COc1ccc(CN(C)C(C)c2cccc(S(=O)(=O)N3CCOCC3)c2)cc1F. The number of sulfonamides is 1. The van der Waals surface area contributed by atoms with Gasteiger partial charge in [-0.15, -0.1) is 0 Å². The molecule has 6 nitrogen and oxygen atoms in total. The van der Waals surface area contributed by atoms with Gasteiger partial charge in [0.05, 0.1) is 25.2 Å². The summed E-state index contributed by atoms with van der Waals surface area (Å²) in [5.41, 5.74) is 1.70. The van der Waals surface area contributed by atoms with E-state index >= 15 is 0 Å². The first-order chi connectivity index (χ1) is 13.8. The van der Waals surface area contributed by atoms with Crippen LogP contribution in [0.4, 0.5) is 4.39 Å². The lowest BCUT2D eigenvalue weighted by molar-refractivity contribution is 0.0730. The van der Waals surface area contributed by atoms with Crippen LogP contribution < -0.4 is 4.74 Å². The predicted molar refractivity (Wildman–Crippen MR) is 109 cm³/mol. The molecule has 2 aromatic rings. The van der Waals surface area contributed by atoms with Crippen molar-refractivity contribution in [3.05, 3.63) is 59.4 Å². The van der Waals surface area contributed by atoms with Crippen LogP contribution in [-0.2, 0) is 21.3 Å². The van der Waals surface area contributed by atoms with E-state index < -0.39 is 15.8 Å². The third kappa shape index (κ3) is 4.95. The summed E-state index contributed by atoms with van der Waals surface area (Å²) in [6.07, 6.45) is 0. The number of benzene rings is 2. The normalized spacial score (nSPS) is 16.7. The molecule has 0 aliphatic carbocycles. The minimum Gasteiger partial charge on any atom is -0.494 e. The molecule has 0 spiro atoms. The van der Waals surface area contributed by atoms with Gasteiger partial charge in [-0.05, 0) is 49.4 Å². The summed E-state index contributed by atoms with van der Waals surface area (Å²) < 4.78 is 51.5. The minimum absolute atomic E-state index is 0.0556. The molecule has 1 unspecified atom stereocenters. The zero-order chi connectivity index (χ0) is 21.0. The molecular weight excluding hydrogens is 395 g/mol. The smallest absolute Gasteiger partial charge is 0.243 e. The van der Waals surface area contributed by atoms with Gasteiger partial charge in [-0.1, -0.05) is 18.2 Å². The van der Waals surface area contributed by atoms with Gasteiger partial charge in [0.25, 0.3) is 0 Å². The van der Waals surface area contributed by atoms with E-state index in [1.165, 1.54) is 17.5 Å². The fourth-order valence-electron chi connectivity index (χ4n) is 3.36. The first-order valence-corrected chi connectivity index (χ1v) is 11.0. The first kappa shape index (κ1) is 21.7. The van der Waals surface area contributed by atoms with E-state index in [1.807, 2.05) is 31.0 Å². The molecule has 0 saturated carbocycles. The zero-order valence-electron chi connectivity index (χ0n) is 17.0. The Morgan fingerprint density at radius 2 is 1.93 bits per heavy atom. The molecule has 8 heteroatoms. The molecular formula is C21H27FN2O4S. The Morgan fingerprint density at radius 3 is 2.59 bits per heavy atom. The maximum Gasteiger partial charge on any atom is 0.243 e. The molecule has 0 radical (unpaired) electrons. The molecule has 1 saturated heterocycles. The Morgan fingerprint density at radius 1 is 1.21 bits per heavy atom. The van der Waals surface area contributed by atoms with Crippen molar-refractivity contribution in [2.24, 2.45) is 0 Å². The second-order valence-electron chi connectivity index (χ2n) is 7.15. The number of nitrogens with zero attached hydrogens (tertiary/aromatic N) is 2. The number of ether oxygens (including phenoxy) is 2. The number of halogens is 1. The molecule has 3 rings (SSSR count). The molecule has 1 aliphatic heterocycles. The molecule has 0 bridgehead atoms. The number of methoxy groups -OCH3 is 1. The third-order valence-electron chi connectivity index (χ3n) is 5.26. The molecule has 1 atom stereocenters. The molecule has 2 aromatic carbocycles. The summed E-state index contributed by atoms with van der Waals surface area (Å²) in [7, 11) is -0.183. The maximum absolute atomic E-state index is 14.0. The van der Waals surface area contributed by atoms with Crippen LogP contribution >= 0.6 is 0 Å². The molecule has 1 aliphatic rings. The van der Waals surface area contributed by atoms with Crippen molar-refractivity contribution in [2.75, 3.05) is 40.5 Å². The summed E-state index contributed by atoms with van der Waals surface area (Å²) in [4.78, 5) is 2.33. The van der Waals surface area contributed by atoms with Gasteiger partial charge in [0.1, 0.15) is 0 Å². The van der Waals surface area contributed by atoms with E-state index in [0.717, 1.165) is 11.1 Å². The highest BCUT2D eigenvalue weighted by Gasteiger charge is 2.27. The van der Waals surface area contributed by atoms with Gasteiger partial charge in [0, 0.05) is 25.7 Å². The van der Waals surface area contributed by atoms with Crippen LogP contribution in [0.3, 0.4) is 0 Å². The van der Waals surface area contributed by atoms with Crippen LogP contribution in [0.5, 0.6) is 5.75 Å². The van der Waals surface area contributed by atoms with Crippen LogP contribution in [-0.4, -0.2) is 58.1 Å². The average Bonchev–Trinajstić information content (AvgIpc) is 2.74. The molecule has 0 aromatic heterocycles. The van der Waals surface area contributed by atoms with Gasteiger partial charge >= 0.3 is 0 Å². The number of hydrogen-bond donors (Lipinski definition) is 0. The van der Waals surface area contributed by atoms with E-state index in [0.29, 0.717) is 32.8 Å². The lowest BCUT2D eigenvalue weighted by Gasteiger charge is -2.28. The predicted octanol–water partition coefficient (Wildman–Crippen LogP) is 3.05. The second kappa shape index (κ2) is 9.21. The summed E-state index contributed by atoms with van der Waals surface area (Å²) in [6.45, 7) is 4.08. The lowest BCUT2D eigenvalue weighted by Crippen LogP contribution is -2.40. The Labute approximate surface area is 171 Å². The Hall–Kier alpha value is -2.00.